The molecule has 0 bridgehead atoms. The molecule has 2 unspecified atom stereocenters. The lowest BCUT2D eigenvalue weighted by atomic mass is 9.91. The maximum atomic E-state index is 13.4. The predicted octanol–water partition coefficient (Wildman–Crippen LogP) is 5.21. The molecule has 8 heteroatoms. The molecule has 212 valence electrons. The van der Waals surface area contributed by atoms with E-state index in [-0.39, 0.29) is 24.7 Å². The second-order valence-corrected chi connectivity index (χ2v) is 11.4. The number of fused-ring (bicyclic) bond motifs is 4. The van der Waals surface area contributed by atoms with Gasteiger partial charge in [-0.3, -0.25) is 9.59 Å². The van der Waals surface area contributed by atoms with E-state index < -0.39 is 23.1 Å². The Morgan fingerprint density at radius 3 is 1.32 bits per heavy atom. The summed E-state index contributed by atoms with van der Waals surface area (Å²) >= 11 is 0. The van der Waals surface area contributed by atoms with Crippen LogP contribution in [0.2, 0.25) is 0 Å². The molecule has 2 saturated heterocycles. The standard InChI is InChI=1S/C33H34N2O6/c1-22-20-32(40-28(22)36)24-14-8-10-16-26(24)34(30(32)38)18-12-6-4-3-5-7-13-19-35-27-17-11-9-15-25(27)33(31(35)39)21-23(2)29(37)41-33/h8-11,14-17H,1-7,12-13,18-21H2. The summed E-state index contributed by atoms with van der Waals surface area (Å²) in [4.78, 5) is 54.5. The molecular formula is C33H34N2O6. The lowest BCUT2D eigenvalue weighted by Crippen LogP contribution is -2.40. The summed E-state index contributed by atoms with van der Waals surface area (Å²) in [5, 5.41) is 0. The average Bonchev–Trinajstić information content (AvgIpc) is 3.60. The van der Waals surface area contributed by atoms with Gasteiger partial charge < -0.3 is 19.3 Å². The molecule has 4 aliphatic rings. The fraction of sp³-hybridized carbons (Fsp3) is 0.394. The van der Waals surface area contributed by atoms with Crippen LogP contribution in [0.5, 0.6) is 0 Å². The molecule has 4 heterocycles. The van der Waals surface area contributed by atoms with Crippen molar-refractivity contribution in [1.29, 1.82) is 0 Å². The van der Waals surface area contributed by atoms with Gasteiger partial charge in [0.2, 0.25) is 11.2 Å². The fourth-order valence-electron chi connectivity index (χ4n) is 6.67. The number of amides is 2. The van der Waals surface area contributed by atoms with E-state index in [4.69, 9.17) is 9.47 Å². The van der Waals surface area contributed by atoms with Crippen LogP contribution in [-0.4, -0.2) is 36.8 Å². The van der Waals surface area contributed by atoms with Crippen molar-refractivity contribution in [2.75, 3.05) is 22.9 Å². The number of carbonyl (C=O) groups excluding carboxylic acids is 4. The Morgan fingerprint density at radius 2 is 0.951 bits per heavy atom. The van der Waals surface area contributed by atoms with Crippen molar-refractivity contribution >= 4 is 35.1 Å². The summed E-state index contributed by atoms with van der Waals surface area (Å²) in [6.45, 7) is 8.71. The Morgan fingerprint density at radius 1 is 0.585 bits per heavy atom. The highest BCUT2D eigenvalue weighted by Gasteiger charge is 2.59. The van der Waals surface area contributed by atoms with Crippen LogP contribution in [0, 0.1) is 0 Å². The molecule has 2 aromatic carbocycles. The maximum Gasteiger partial charge on any atom is 0.335 e. The first-order valence-electron chi connectivity index (χ1n) is 14.4. The first kappa shape index (κ1) is 27.0. The quantitative estimate of drug-likeness (QED) is 0.228. The lowest BCUT2D eigenvalue weighted by Gasteiger charge is -2.22. The third kappa shape index (κ3) is 4.28. The molecule has 2 amide bonds. The Balaban J connectivity index is 0.946. The Hall–Kier alpha value is -4.20. The Bertz CT molecular complexity index is 1330. The van der Waals surface area contributed by atoms with Gasteiger partial charge in [-0.15, -0.1) is 0 Å². The van der Waals surface area contributed by atoms with Gasteiger partial charge in [0.05, 0.1) is 11.4 Å². The maximum absolute atomic E-state index is 13.4. The van der Waals surface area contributed by atoms with Crippen LogP contribution in [-0.2, 0) is 39.9 Å². The van der Waals surface area contributed by atoms with Crippen LogP contribution in [0.15, 0.2) is 72.8 Å². The van der Waals surface area contributed by atoms with Crippen LogP contribution in [0.3, 0.4) is 0 Å². The predicted molar refractivity (Wildman–Crippen MR) is 153 cm³/mol. The Labute approximate surface area is 239 Å². The smallest absolute Gasteiger partial charge is 0.335 e. The molecule has 8 nitrogen and oxygen atoms in total. The van der Waals surface area contributed by atoms with E-state index in [0.717, 1.165) is 67.4 Å². The summed E-state index contributed by atoms with van der Waals surface area (Å²) in [5.74, 6) is -1.36. The number of esters is 2. The van der Waals surface area contributed by atoms with Gasteiger partial charge in [0.25, 0.3) is 11.8 Å². The summed E-state index contributed by atoms with van der Waals surface area (Å²) in [6, 6.07) is 15.1. The molecule has 2 fully saturated rings. The van der Waals surface area contributed by atoms with Gasteiger partial charge in [0.15, 0.2) is 0 Å². The molecule has 0 radical (unpaired) electrons. The molecule has 0 N–H and O–H groups in total. The normalized spacial score (nSPS) is 24.6. The molecular weight excluding hydrogens is 520 g/mol. The van der Waals surface area contributed by atoms with Crippen molar-refractivity contribution in [3.63, 3.8) is 0 Å². The minimum absolute atomic E-state index is 0.179. The number of rotatable bonds is 10. The number of ether oxygens (including phenoxy) is 2. The Kier molecular flexibility index (Phi) is 6.80. The number of benzene rings is 2. The van der Waals surface area contributed by atoms with Crippen molar-refractivity contribution in [3.05, 3.63) is 84.0 Å². The number of carbonyl (C=O) groups is 4. The molecule has 2 spiro atoms. The summed E-state index contributed by atoms with van der Waals surface area (Å²) < 4.78 is 11.2. The number of unbranched alkanes of at least 4 members (excludes halogenated alkanes) is 6. The molecule has 2 atom stereocenters. The molecule has 0 aromatic heterocycles. The minimum atomic E-state index is -1.25. The van der Waals surface area contributed by atoms with Crippen molar-refractivity contribution in [3.8, 4) is 0 Å². The van der Waals surface area contributed by atoms with Crippen LogP contribution in [0.4, 0.5) is 11.4 Å². The van der Waals surface area contributed by atoms with E-state index in [9.17, 15) is 19.2 Å². The first-order valence-corrected chi connectivity index (χ1v) is 14.4. The summed E-state index contributed by atoms with van der Waals surface area (Å²) in [7, 11) is 0. The zero-order valence-corrected chi connectivity index (χ0v) is 23.2. The lowest BCUT2D eigenvalue weighted by molar-refractivity contribution is -0.156. The van der Waals surface area contributed by atoms with Gasteiger partial charge in [-0.05, 0) is 25.0 Å². The van der Waals surface area contributed by atoms with Gasteiger partial charge in [-0.2, -0.15) is 0 Å². The van der Waals surface area contributed by atoms with E-state index in [1.807, 2.05) is 48.5 Å². The second kappa shape index (κ2) is 10.3. The first-order chi connectivity index (χ1) is 19.8. The van der Waals surface area contributed by atoms with Gasteiger partial charge >= 0.3 is 11.9 Å². The minimum Gasteiger partial charge on any atom is -0.440 e. The molecule has 4 aliphatic heterocycles. The largest absolute Gasteiger partial charge is 0.440 e. The topological polar surface area (TPSA) is 93.2 Å². The number of hydrogen-bond donors (Lipinski definition) is 0. The van der Waals surface area contributed by atoms with Gasteiger partial charge in [0.1, 0.15) is 0 Å². The van der Waals surface area contributed by atoms with Crippen molar-refractivity contribution in [2.24, 2.45) is 0 Å². The molecule has 2 aromatic rings. The van der Waals surface area contributed by atoms with Crippen molar-refractivity contribution in [2.45, 2.75) is 69.0 Å². The van der Waals surface area contributed by atoms with E-state index in [0.29, 0.717) is 24.2 Å². The van der Waals surface area contributed by atoms with E-state index in [1.165, 1.54) is 0 Å². The number of para-hydroxylation sites is 2. The molecule has 0 saturated carbocycles. The van der Waals surface area contributed by atoms with Gasteiger partial charge in [-0.1, -0.05) is 81.7 Å². The van der Waals surface area contributed by atoms with Crippen molar-refractivity contribution < 1.29 is 28.7 Å². The monoisotopic (exact) mass is 554 g/mol. The molecule has 6 rings (SSSR count). The summed E-state index contributed by atoms with van der Waals surface area (Å²) in [6.07, 6.45) is 7.26. The second-order valence-electron chi connectivity index (χ2n) is 11.4. The highest BCUT2D eigenvalue weighted by Crippen LogP contribution is 2.51. The van der Waals surface area contributed by atoms with Crippen LogP contribution >= 0.6 is 0 Å². The SMILES string of the molecule is C=C1CC2(OC1=O)C(=O)N(CCCCCCCCCN1C(=O)C3(CC(=C)C(=O)O3)c3ccccc31)c1ccccc12. The third-order valence-electron chi connectivity index (χ3n) is 8.74. The molecule has 41 heavy (non-hydrogen) atoms. The number of nitrogens with zero attached hydrogens (tertiary/aromatic N) is 2. The van der Waals surface area contributed by atoms with Gasteiger partial charge in [0, 0.05) is 48.2 Å². The number of anilines is 2. The average molecular weight is 555 g/mol. The van der Waals surface area contributed by atoms with E-state index in [1.54, 1.807) is 9.80 Å². The summed E-state index contributed by atoms with van der Waals surface area (Å²) in [5.41, 5.74) is 1.29. The highest BCUT2D eigenvalue weighted by atomic mass is 16.6. The van der Waals surface area contributed by atoms with Crippen LogP contribution in [0.1, 0.15) is 68.9 Å². The van der Waals surface area contributed by atoms with Gasteiger partial charge in [-0.25, -0.2) is 9.59 Å². The highest BCUT2D eigenvalue weighted by molar-refractivity contribution is 6.12. The van der Waals surface area contributed by atoms with Crippen molar-refractivity contribution in [1.82, 2.24) is 0 Å². The zero-order valence-electron chi connectivity index (χ0n) is 23.2. The molecule has 0 aliphatic carbocycles. The van der Waals surface area contributed by atoms with E-state index >= 15 is 0 Å². The van der Waals surface area contributed by atoms with Crippen LogP contribution < -0.4 is 9.80 Å². The zero-order chi connectivity index (χ0) is 28.8. The van der Waals surface area contributed by atoms with Crippen LogP contribution in [0.25, 0.3) is 0 Å². The number of hydrogen-bond acceptors (Lipinski definition) is 6. The third-order valence-corrected chi connectivity index (χ3v) is 8.74. The van der Waals surface area contributed by atoms with E-state index in [2.05, 4.69) is 13.2 Å². The fourth-order valence-corrected chi connectivity index (χ4v) is 6.67.